The van der Waals surface area contributed by atoms with E-state index in [1.807, 2.05) is 34.6 Å². The second-order valence-corrected chi connectivity index (χ2v) is 17.9. The summed E-state index contributed by atoms with van der Waals surface area (Å²) in [5.41, 5.74) is -2.47. The van der Waals surface area contributed by atoms with E-state index in [1.165, 1.54) is 11.0 Å². The first-order valence-electron chi connectivity index (χ1n) is 17.5. The predicted octanol–water partition coefficient (Wildman–Crippen LogP) is 3.98. The Morgan fingerprint density at radius 2 is 1.41 bits per heavy atom. The summed E-state index contributed by atoms with van der Waals surface area (Å²) in [6.45, 7) is 30.2. The smallest absolute Gasteiger partial charge is 0.329 e. The average molecular weight is 690 g/mol. The second kappa shape index (κ2) is 15.2. The molecule has 1 saturated carbocycles. The molecule has 5 amide bonds. The van der Waals surface area contributed by atoms with E-state index in [-0.39, 0.29) is 42.1 Å². The lowest BCUT2D eigenvalue weighted by molar-refractivity contribution is -0.160. The van der Waals surface area contributed by atoms with Gasteiger partial charge in [-0.2, -0.15) is 0 Å². The van der Waals surface area contributed by atoms with Crippen LogP contribution >= 0.6 is 0 Å². The maximum absolute atomic E-state index is 14.5. The average Bonchev–Trinajstić information content (AvgIpc) is 3.30. The molecule has 49 heavy (non-hydrogen) atoms. The van der Waals surface area contributed by atoms with Gasteiger partial charge < -0.3 is 30.9 Å². The van der Waals surface area contributed by atoms with Crippen LogP contribution in [0.1, 0.15) is 103 Å². The van der Waals surface area contributed by atoms with Crippen LogP contribution < -0.4 is 21.3 Å². The molecule has 1 unspecified atom stereocenters. The highest BCUT2D eigenvalue weighted by molar-refractivity contribution is 6.38. The molecular weight excluding hydrogens is 626 g/mol. The molecule has 1 aliphatic carbocycles. The van der Waals surface area contributed by atoms with Crippen molar-refractivity contribution in [2.75, 3.05) is 13.1 Å². The molecule has 1 heterocycles. The lowest BCUT2D eigenvalue weighted by Crippen LogP contribution is -2.63. The molecule has 278 valence electrons. The van der Waals surface area contributed by atoms with Gasteiger partial charge in [0.25, 0.3) is 5.91 Å². The Morgan fingerprint density at radius 1 is 0.878 bits per heavy atom. The fourth-order valence-electron chi connectivity index (χ4n) is 6.87. The number of fused-ring (bicyclic) bond motifs is 1. The maximum Gasteiger partial charge on any atom is 0.329 e. The summed E-state index contributed by atoms with van der Waals surface area (Å²) in [5, 5.41) is 10.9. The Morgan fingerprint density at radius 3 is 1.86 bits per heavy atom. The first-order chi connectivity index (χ1) is 22.2. The predicted molar refractivity (Wildman–Crippen MR) is 189 cm³/mol. The molecule has 0 aromatic rings. The summed E-state index contributed by atoms with van der Waals surface area (Å²) < 4.78 is 5.58. The van der Waals surface area contributed by atoms with Gasteiger partial charge in [-0.1, -0.05) is 82.2 Å². The van der Waals surface area contributed by atoms with Gasteiger partial charge in [0.2, 0.25) is 17.6 Å². The zero-order valence-corrected chi connectivity index (χ0v) is 32.3. The minimum absolute atomic E-state index is 0.0111. The number of nitrogens with one attached hydrogen (secondary N) is 4. The Bertz CT molecular complexity index is 1290. The number of piperidine rings is 1. The van der Waals surface area contributed by atoms with Crippen LogP contribution in [0.25, 0.3) is 0 Å². The molecule has 0 aromatic heterocycles. The summed E-state index contributed by atoms with van der Waals surface area (Å²) in [7, 11) is 0. The quantitative estimate of drug-likeness (QED) is 0.129. The molecule has 0 spiro atoms. The van der Waals surface area contributed by atoms with Crippen molar-refractivity contribution in [1.29, 1.82) is 0 Å². The number of nitrogens with zero attached hydrogens (tertiary/aromatic N) is 1. The molecule has 0 aromatic carbocycles. The topological polar surface area (TPSA) is 163 Å². The number of likely N-dealkylation sites (tertiary alicyclic amines) is 1. The van der Waals surface area contributed by atoms with E-state index in [0.29, 0.717) is 6.54 Å². The van der Waals surface area contributed by atoms with Crippen LogP contribution in [0.2, 0.25) is 0 Å². The molecule has 4 N–H and O–H groups in total. The van der Waals surface area contributed by atoms with Gasteiger partial charge in [0, 0.05) is 13.1 Å². The van der Waals surface area contributed by atoms with Crippen molar-refractivity contribution >= 4 is 35.5 Å². The lowest BCUT2D eigenvalue weighted by Gasteiger charge is -2.39. The summed E-state index contributed by atoms with van der Waals surface area (Å²) in [6, 6.07) is -4.79. The Labute approximate surface area is 293 Å². The van der Waals surface area contributed by atoms with Crippen molar-refractivity contribution < 1.29 is 33.5 Å². The van der Waals surface area contributed by atoms with Crippen LogP contribution in [0.4, 0.5) is 4.79 Å². The van der Waals surface area contributed by atoms with Crippen LogP contribution in [-0.2, 0) is 28.7 Å². The minimum atomic E-state index is -1.08. The monoisotopic (exact) mass is 689 g/mol. The van der Waals surface area contributed by atoms with Crippen molar-refractivity contribution in [2.24, 2.45) is 39.9 Å². The van der Waals surface area contributed by atoms with Crippen molar-refractivity contribution in [3.8, 4) is 0 Å². The SMILES string of the molecule is C=CCNC(=O)C(=O)C(CC(C)C)NC(=O)[C@@H]1[C@@H]2[C@H](CN1C(=O)[C@@H](NC(=O)N[C@H](C(=O)OC(C)(C)C)C(C)(C)C)C(C)(C)C)[C@]2(C)C(C)C. The number of amides is 5. The third-order valence-corrected chi connectivity index (χ3v) is 9.85. The van der Waals surface area contributed by atoms with Gasteiger partial charge in [0.05, 0.1) is 6.04 Å². The third-order valence-electron chi connectivity index (χ3n) is 9.85. The Hall–Kier alpha value is -3.44. The molecule has 2 rings (SSSR count). The molecule has 0 radical (unpaired) electrons. The number of ether oxygens (including phenoxy) is 1. The largest absolute Gasteiger partial charge is 0.458 e. The Kier molecular flexibility index (Phi) is 13.0. The van der Waals surface area contributed by atoms with Crippen molar-refractivity contribution in [1.82, 2.24) is 26.2 Å². The van der Waals surface area contributed by atoms with Gasteiger partial charge in [0.15, 0.2) is 0 Å². The van der Waals surface area contributed by atoms with Gasteiger partial charge in [-0.25, -0.2) is 9.59 Å². The van der Waals surface area contributed by atoms with Crippen LogP contribution in [0.3, 0.4) is 0 Å². The zero-order chi connectivity index (χ0) is 38.0. The normalized spacial score (nSPS) is 23.9. The number of carbonyl (C=O) groups is 6. The molecule has 12 nitrogen and oxygen atoms in total. The summed E-state index contributed by atoms with van der Waals surface area (Å²) in [5.74, 6) is -3.05. The standard InChI is InChI=1S/C37H63N5O7/c1-16-17-38-30(45)26(43)23(18-20(2)3)39-29(44)25-24-22(37(24,15)21(4)5)19-42(25)31(46)27(34(6,7)8)40-33(48)41-28(35(9,10)11)32(47)49-36(12,13)14/h16,20-25,27-28H,1,17-19H2,2-15H3,(H,38,45)(H,39,44)(H2,40,41,48)/t22-,23?,24-,25-,27+,28+,37-/m0/s1. The van der Waals surface area contributed by atoms with E-state index in [4.69, 9.17) is 4.74 Å². The van der Waals surface area contributed by atoms with E-state index in [1.54, 1.807) is 41.5 Å². The highest BCUT2D eigenvalue weighted by Gasteiger charge is 2.73. The highest BCUT2D eigenvalue weighted by atomic mass is 16.6. The van der Waals surface area contributed by atoms with Gasteiger partial charge in [-0.05, 0) is 67.1 Å². The van der Waals surface area contributed by atoms with E-state index in [0.717, 1.165) is 0 Å². The van der Waals surface area contributed by atoms with E-state index < -0.39 is 76.1 Å². The number of urea groups is 1. The molecule has 0 bridgehead atoms. The molecule has 2 aliphatic rings. The molecule has 7 atom stereocenters. The van der Waals surface area contributed by atoms with Gasteiger partial charge in [-0.3, -0.25) is 19.2 Å². The first-order valence-corrected chi connectivity index (χ1v) is 17.5. The number of esters is 1. The van der Waals surface area contributed by atoms with Crippen molar-refractivity contribution in [3.63, 3.8) is 0 Å². The summed E-state index contributed by atoms with van der Waals surface area (Å²) in [6.07, 6.45) is 1.70. The van der Waals surface area contributed by atoms with E-state index in [9.17, 15) is 28.8 Å². The Balaban J connectivity index is 2.43. The zero-order valence-electron chi connectivity index (χ0n) is 32.3. The van der Waals surface area contributed by atoms with E-state index in [2.05, 4.69) is 48.6 Å². The van der Waals surface area contributed by atoms with Crippen LogP contribution in [0, 0.1) is 39.9 Å². The molecular formula is C37H63N5O7. The van der Waals surface area contributed by atoms with Crippen LogP contribution in [0.15, 0.2) is 12.7 Å². The number of carbonyl (C=O) groups excluding carboxylic acids is 6. The molecule has 2 fully saturated rings. The van der Waals surface area contributed by atoms with Crippen LogP contribution in [-0.4, -0.2) is 83.3 Å². The van der Waals surface area contributed by atoms with Crippen molar-refractivity contribution in [2.45, 2.75) is 133 Å². The lowest BCUT2D eigenvalue weighted by atomic mass is 9.83. The number of rotatable bonds is 13. The fourth-order valence-corrected chi connectivity index (χ4v) is 6.87. The number of ketones is 1. The fraction of sp³-hybridized carbons (Fsp3) is 0.784. The van der Waals surface area contributed by atoms with Gasteiger partial charge in [-0.15, -0.1) is 6.58 Å². The minimum Gasteiger partial charge on any atom is -0.458 e. The molecule has 1 saturated heterocycles. The summed E-state index contributed by atoms with van der Waals surface area (Å²) >= 11 is 0. The van der Waals surface area contributed by atoms with Crippen LogP contribution in [0.5, 0.6) is 0 Å². The molecule has 12 heteroatoms. The van der Waals surface area contributed by atoms with Gasteiger partial charge in [0.1, 0.15) is 23.7 Å². The number of hydrogen-bond acceptors (Lipinski definition) is 7. The highest BCUT2D eigenvalue weighted by Crippen LogP contribution is 2.68. The number of hydrogen-bond donors (Lipinski definition) is 4. The van der Waals surface area contributed by atoms with Gasteiger partial charge >= 0.3 is 12.0 Å². The first kappa shape index (κ1) is 41.7. The van der Waals surface area contributed by atoms with E-state index >= 15 is 0 Å². The second-order valence-electron chi connectivity index (χ2n) is 17.9. The third kappa shape index (κ3) is 10.1. The maximum atomic E-state index is 14.5. The summed E-state index contributed by atoms with van der Waals surface area (Å²) in [4.78, 5) is 82.7. The molecule has 1 aliphatic heterocycles. The number of Topliss-reactive ketones (excluding diaryl/α,β-unsaturated/α-hetero) is 1. The van der Waals surface area contributed by atoms with Crippen molar-refractivity contribution in [3.05, 3.63) is 12.7 Å².